The van der Waals surface area contributed by atoms with E-state index in [2.05, 4.69) is 4.98 Å². The number of nitrogens with zero attached hydrogens (tertiary/aromatic N) is 1. The van der Waals surface area contributed by atoms with Crippen LogP contribution in [0.4, 0.5) is 8.78 Å². The molecule has 0 radical (unpaired) electrons. The number of aliphatic hydroxyl groups is 1. The van der Waals surface area contributed by atoms with Crippen molar-refractivity contribution in [2.75, 3.05) is 0 Å². The van der Waals surface area contributed by atoms with Crippen LogP contribution in [0.3, 0.4) is 0 Å². The van der Waals surface area contributed by atoms with Crippen molar-refractivity contribution in [3.63, 3.8) is 0 Å². The number of rotatable bonds is 2. The fraction of sp³-hybridized carbons (Fsp3) is 0.286. The number of aliphatic hydroxyl groups excluding tert-OH is 1. The van der Waals surface area contributed by atoms with Crippen LogP contribution in [0.2, 0.25) is 0 Å². The van der Waals surface area contributed by atoms with Gasteiger partial charge in [-0.15, -0.1) is 0 Å². The summed E-state index contributed by atoms with van der Waals surface area (Å²) < 4.78 is 25.7. The molecule has 0 bridgehead atoms. The van der Waals surface area contributed by atoms with Crippen LogP contribution in [0.15, 0.2) is 6.20 Å². The third-order valence-electron chi connectivity index (χ3n) is 1.44. The highest BCUT2D eigenvalue weighted by Gasteiger charge is 2.16. The smallest absolute Gasteiger partial charge is 0.266 e. The zero-order valence-corrected chi connectivity index (χ0v) is 10.6. The van der Waals surface area contributed by atoms with Gasteiger partial charge >= 0.3 is 0 Å². The molecule has 1 rings (SSSR count). The Morgan fingerprint density at radius 1 is 1.38 bits per heavy atom. The molecule has 13 heavy (non-hydrogen) atoms. The summed E-state index contributed by atoms with van der Waals surface area (Å²) in [6.07, 6.45) is -1.40. The molecule has 0 atom stereocenters. The Labute approximate surface area is 101 Å². The van der Waals surface area contributed by atoms with E-state index in [-0.39, 0.29) is 12.2 Å². The highest BCUT2D eigenvalue weighted by Crippen LogP contribution is 2.28. The van der Waals surface area contributed by atoms with E-state index in [1.165, 1.54) is 0 Å². The maximum Gasteiger partial charge on any atom is 0.266 e. The summed E-state index contributed by atoms with van der Waals surface area (Å²) in [5.41, 5.74) is 0.358. The zero-order valence-electron chi connectivity index (χ0n) is 6.27. The molecule has 0 aliphatic carbocycles. The molecule has 0 aliphatic heterocycles. The van der Waals surface area contributed by atoms with E-state index >= 15 is 0 Å². The molecule has 1 N–H and O–H groups in total. The quantitative estimate of drug-likeness (QED) is 0.760. The van der Waals surface area contributed by atoms with Gasteiger partial charge in [-0.1, -0.05) is 0 Å². The van der Waals surface area contributed by atoms with E-state index in [1.54, 1.807) is 0 Å². The van der Waals surface area contributed by atoms with E-state index in [1.807, 2.05) is 45.2 Å². The third-order valence-corrected chi connectivity index (χ3v) is 4.80. The van der Waals surface area contributed by atoms with Crippen LogP contribution >= 0.6 is 45.2 Å². The summed E-state index contributed by atoms with van der Waals surface area (Å²) in [5.74, 6) is 0. The molecule has 0 spiro atoms. The van der Waals surface area contributed by atoms with Gasteiger partial charge in [0.05, 0.1) is 21.4 Å². The molecular weight excluding hydrogens is 406 g/mol. The Balaban J connectivity index is 3.23. The van der Waals surface area contributed by atoms with Gasteiger partial charge < -0.3 is 5.11 Å². The molecular formula is C7H5F2I2NO. The minimum Gasteiger partial charge on any atom is -0.390 e. The maximum atomic E-state index is 12.3. The number of halogens is 4. The summed E-state index contributed by atoms with van der Waals surface area (Å²) >= 11 is 3.73. The lowest BCUT2D eigenvalue weighted by Crippen LogP contribution is -2.01. The first kappa shape index (κ1) is 11.5. The number of hydrogen-bond acceptors (Lipinski definition) is 2. The van der Waals surface area contributed by atoms with Crippen molar-refractivity contribution in [1.29, 1.82) is 0 Å². The lowest BCUT2D eigenvalue weighted by molar-refractivity contribution is 0.149. The lowest BCUT2D eigenvalue weighted by Gasteiger charge is -2.07. The molecule has 1 aromatic heterocycles. The van der Waals surface area contributed by atoms with Crippen LogP contribution in [0.1, 0.15) is 17.7 Å². The van der Waals surface area contributed by atoms with E-state index in [0.29, 0.717) is 12.8 Å². The van der Waals surface area contributed by atoms with Crippen LogP contribution in [0, 0.1) is 7.14 Å². The molecule has 1 aromatic rings. The molecule has 0 unspecified atom stereocenters. The summed E-state index contributed by atoms with van der Waals surface area (Å²) in [6, 6.07) is 0. The predicted molar refractivity (Wildman–Crippen MR) is 60.6 cm³/mol. The van der Waals surface area contributed by atoms with Gasteiger partial charge in [0.25, 0.3) is 6.43 Å². The largest absolute Gasteiger partial charge is 0.390 e. The van der Waals surface area contributed by atoms with Crippen molar-refractivity contribution in [2.24, 2.45) is 0 Å². The van der Waals surface area contributed by atoms with Crippen molar-refractivity contribution in [2.45, 2.75) is 13.0 Å². The van der Waals surface area contributed by atoms with Crippen molar-refractivity contribution in [1.82, 2.24) is 4.98 Å². The molecule has 0 amide bonds. The van der Waals surface area contributed by atoms with Crippen LogP contribution in [0.25, 0.3) is 0 Å². The van der Waals surface area contributed by atoms with Gasteiger partial charge in [0.15, 0.2) is 0 Å². The Hall–Kier alpha value is 0.430. The van der Waals surface area contributed by atoms with Crippen LogP contribution < -0.4 is 0 Å². The van der Waals surface area contributed by atoms with Crippen molar-refractivity contribution in [3.05, 3.63) is 24.6 Å². The average Bonchev–Trinajstić information content (AvgIpc) is 2.09. The highest BCUT2D eigenvalue weighted by atomic mass is 127. The van der Waals surface area contributed by atoms with E-state index in [4.69, 9.17) is 5.11 Å². The first-order valence-electron chi connectivity index (χ1n) is 3.29. The first-order chi connectivity index (χ1) is 6.07. The minimum absolute atomic E-state index is 0.0813. The Morgan fingerprint density at radius 2 is 2.00 bits per heavy atom. The number of pyridine rings is 1. The Bertz CT molecular complexity index is 320. The average molecular weight is 411 g/mol. The third kappa shape index (κ3) is 2.46. The standard InChI is InChI=1S/C7H5F2I2NO/c8-7(9)3-1-12-4(2-13)6(11)5(3)10/h1,7,13H,2H2. The summed E-state index contributed by atoms with van der Waals surface area (Å²) in [5, 5.41) is 8.81. The molecule has 0 saturated heterocycles. The van der Waals surface area contributed by atoms with Gasteiger partial charge in [0.1, 0.15) is 0 Å². The normalized spacial score (nSPS) is 10.9. The lowest BCUT2D eigenvalue weighted by atomic mass is 10.2. The summed E-state index contributed by atoms with van der Waals surface area (Å²) in [6.45, 7) is -0.224. The van der Waals surface area contributed by atoms with Gasteiger partial charge in [-0.05, 0) is 45.2 Å². The molecule has 72 valence electrons. The second-order valence-electron chi connectivity index (χ2n) is 2.25. The topological polar surface area (TPSA) is 33.1 Å². The van der Waals surface area contributed by atoms with Crippen molar-refractivity contribution >= 4 is 45.2 Å². The molecule has 0 aromatic carbocycles. The minimum atomic E-state index is -2.51. The summed E-state index contributed by atoms with van der Waals surface area (Å²) in [7, 11) is 0. The zero-order chi connectivity index (χ0) is 10.0. The van der Waals surface area contributed by atoms with E-state index in [9.17, 15) is 8.78 Å². The van der Waals surface area contributed by atoms with Gasteiger partial charge in [-0.25, -0.2) is 8.78 Å². The molecule has 1 heterocycles. The van der Waals surface area contributed by atoms with Gasteiger partial charge in [-0.2, -0.15) is 0 Å². The number of aromatic nitrogens is 1. The van der Waals surface area contributed by atoms with Gasteiger partial charge in [0, 0.05) is 9.77 Å². The van der Waals surface area contributed by atoms with Crippen molar-refractivity contribution in [3.8, 4) is 0 Å². The SMILES string of the molecule is OCc1ncc(C(F)F)c(I)c1I. The van der Waals surface area contributed by atoms with Crippen molar-refractivity contribution < 1.29 is 13.9 Å². The van der Waals surface area contributed by atoms with E-state index in [0.717, 1.165) is 6.20 Å². The van der Waals surface area contributed by atoms with Crippen LogP contribution in [-0.2, 0) is 6.61 Å². The fourth-order valence-electron chi connectivity index (χ4n) is 0.777. The molecule has 0 fully saturated rings. The van der Waals surface area contributed by atoms with E-state index < -0.39 is 6.43 Å². The first-order valence-corrected chi connectivity index (χ1v) is 5.45. The van der Waals surface area contributed by atoms with Gasteiger partial charge in [0.2, 0.25) is 0 Å². The molecule has 0 saturated carbocycles. The maximum absolute atomic E-state index is 12.3. The molecule has 2 nitrogen and oxygen atoms in total. The number of alkyl halides is 2. The highest BCUT2D eigenvalue weighted by molar-refractivity contribution is 14.1. The van der Waals surface area contributed by atoms with Crippen LogP contribution in [0.5, 0.6) is 0 Å². The summed E-state index contributed by atoms with van der Waals surface area (Å²) in [4.78, 5) is 3.74. The monoisotopic (exact) mass is 411 g/mol. The fourth-order valence-corrected chi connectivity index (χ4v) is 2.08. The number of hydrogen-bond donors (Lipinski definition) is 1. The van der Waals surface area contributed by atoms with Crippen LogP contribution in [-0.4, -0.2) is 10.1 Å². The van der Waals surface area contributed by atoms with Gasteiger partial charge in [-0.3, -0.25) is 4.98 Å². The Kier molecular flexibility index (Phi) is 4.23. The molecule has 6 heteroatoms. The second-order valence-corrected chi connectivity index (χ2v) is 4.40. The molecule has 0 aliphatic rings. The second kappa shape index (κ2) is 4.78. The Morgan fingerprint density at radius 3 is 2.46 bits per heavy atom. The predicted octanol–water partition coefficient (Wildman–Crippen LogP) is 2.72.